The van der Waals surface area contributed by atoms with Crippen molar-refractivity contribution in [1.29, 1.82) is 0 Å². The minimum atomic E-state index is -3.58. The van der Waals surface area contributed by atoms with Crippen LogP contribution in [0.5, 0.6) is 0 Å². The number of nitrogens with one attached hydrogen (secondary N) is 1. The Morgan fingerprint density at radius 2 is 1.62 bits per heavy atom. The Balaban J connectivity index is 1.89. The van der Waals surface area contributed by atoms with E-state index in [-0.39, 0.29) is 37.7 Å². The van der Waals surface area contributed by atoms with Crippen LogP contribution in [-0.4, -0.2) is 50.5 Å². The van der Waals surface area contributed by atoms with Crippen LogP contribution in [0.15, 0.2) is 72.8 Å². The van der Waals surface area contributed by atoms with Crippen LogP contribution < -0.4 is 9.62 Å². The number of benzene rings is 3. The molecule has 0 aliphatic heterocycles. The molecule has 0 fully saturated rings. The first-order valence-electron chi connectivity index (χ1n) is 14.1. The van der Waals surface area contributed by atoms with E-state index in [9.17, 15) is 18.0 Å². The highest BCUT2D eigenvalue weighted by atomic mass is 35.5. The SMILES string of the molecule is CCCNC(=O)[C@@H](Cc1ccccc1)N(Cc1ccc(Cl)cc1Cl)C(=O)CCCN(c1ccc(CC)cc1)S(C)(=O)=O. The van der Waals surface area contributed by atoms with Gasteiger partial charge in [-0.15, -0.1) is 0 Å². The van der Waals surface area contributed by atoms with Crippen LogP contribution in [-0.2, 0) is 39.0 Å². The van der Waals surface area contributed by atoms with Gasteiger partial charge in [0.15, 0.2) is 0 Å². The van der Waals surface area contributed by atoms with Gasteiger partial charge in [0.1, 0.15) is 6.04 Å². The average Bonchev–Trinajstić information content (AvgIpc) is 2.96. The number of carbonyl (C=O) groups excluding carboxylic acids is 2. The topological polar surface area (TPSA) is 86.8 Å². The minimum absolute atomic E-state index is 0.0383. The van der Waals surface area contributed by atoms with E-state index in [2.05, 4.69) is 5.32 Å². The van der Waals surface area contributed by atoms with Gasteiger partial charge in [0.2, 0.25) is 21.8 Å². The number of aryl methyl sites for hydroxylation is 1. The molecule has 10 heteroatoms. The molecule has 226 valence electrons. The number of halogens is 2. The van der Waals surface area contributed by atoms with Crippen molar-refractivity contribution in [2.45, 2.75) is 58.5 Å². The molecule has 0 radical (unpaired) electrons. The molecule has 0 saturated heterocycles. The average molecular weight is 633 g/mol. The molecule has 0 aliphatic rings. The molecule has 1 N–H and O–H groups in total. The van der Waals surface area contributed by atoms with Crippen molar-refractivity contribution in [3.63, 3.8) is 0 Å². The van der Waals surface area contributed by atoms with E-state index in [1.807, 2.05) is 56.3 Å². The summed E-state index contributed by atoms with van der Waals surface area (Å²) in [5, 5.41) is 3.81. The molecule has 0 heterocycles. The number of carbonyl (C=O) groups is 2. The zero-order chi connectivity index (χ0) is 30.7. The van der Waals surface area contributed by atoms with Crippen LogP contribution in [0.1, 0.15) is 49.8 Å². The lowest BCUT2D eigenvalue weighted by Gasteiger charge is -2.32. The van der Waals surface area contributed by atoms with Crippen LogP contribution in [0.3, 0.4) is 0 Å². The van der Waals surface area contributed by atoms with Crippen molar-refractivity contribution in [1.82, 2.24) is 10.2 Å². The lowest BCUT2D eigenvalue weighted by molar-refractivity contribution is -0.141. The molecule has 0 unspecified atom stereocenters. The number of hydrogen-bond donors (Lipinski definition) is 1. The van der Waals surface area contributed by atoms with E-state index in [0.717, 1.165) is 30.2 Å². The molecular formula is C32H39Cl2N3O4S. The van der Waals surface area contributed by atoms with Crippen LogP contribution >= 0.6 is 23.2 Å². The molecule has 0 spiro atoms. The Bertz CT molecular complexity index is 1430. The van der Waals surface area contributed by atoms with Crippen molar-refractivity contribution in [2.75, 3.05) is 23.7 Å². The normalized spacial score (nSPS) is 12.0. The van der Waals surface area contributed by atoms with E-state index in [0.29, 0.717) is 34.3 Å². The third-order valence-corrected chi connectivity index (χ3v) is 8.74. The number of sulfonamides is 1. The van der Waals surface area contributed by atoms with E-state index in [1.165, 1.54) is 4.31 Å². The minimum Gasteiger partial charge on any atom is -0.354 e. The van der Waals surface area contributed by atoms with Gasteiger partial charge in [0.25, 0.3) is 0 Å². The summed E-state index contributed by atoms with van der Waals surface area (Å²) in [7, 11) is -3.58. The second-order valence-electron chi connectivity index (χ2n) is 10.2. The van der Waals surface area contributed by atoms with Crippen molar-refractivity contribution in [2.24, 2.45) is 0 Å². The summed E-state index contributed by atoms with van der Waals surface area (Å²) in [5.74, 6) is -0.531. The van der Waals surface area contributed by atoms with Gasteiger partial charge in [-0.1, -0.05) is 85.6 Å². The molecule has 0 bridgehead atoms. The van der Waals surface area contributed by atoms with Gasteiger partial charge in [-0.05, 0) is 60.2 Å². The van der Waals surface area contributed by atoms with E-state index in [1.54, 1.807) is 35.2 Å². The molecule has 42 heavy (non-hydrogen) atoms. The molecule has 0 aromatic heterocycles. The summed E-state index contributed by atoms with van der Waals surface area (Å²) < 4.78 is 26.6. The van der Waals surface area contributed by atoms with Crippen molar-refractivity contribution >= 4 is 50.7 Å². The maximum atomic E-state index is 13.9. The van der Waals surface area contributed by atoms with Gasteiger partial charge in [-0.3, -0.25) is 13.9 Å². The molecule has 3 aromatic rings. The zero-order valence-corrected chi connectivity index (χ0v) is 26.7. The van der Waals surface area contributed by atoms with Gasteiger partial charge in [0.05, 0.1) is 11.9 Å². The van der Waals surface area contributed by atoms with Crippen molar-refractivity contribution in [3.8, 4) is 0 Å². The van der Waals surface area contributed by atoms with E-state index >= 15 is 0 Å². The fraction of sp³-hybridized carbons (Fsp3) is 0.375. The standard InChI is InChI=1S/C32H39Cl2N3O4S/c1-4-19-35-32(39)30(21-25-10-7-6-8-11-25)36(23-26-15-16-27(33)22-29(26)34)31(38)12-9-20-37(42(3,40)41)28-17-13-24(5-2)14-18-28/h6-8,10-11,13-18,22,30H,4-5,9,12,19-21,23H2,1-3H3,(H,35,39)/t30-/m1/s1. The van der Waals surface area contributed by atoms with Crippen LogP contribution in [0.2, 0.25) is 10.0 Å². The lowest BCUT2D eigenvalue weighted by atomic mass is 10.0. The quantitative estimate of drug-likeness (QED) is 0.214. The van der Waals surface area contributed by atoms with Crippen molar-refractivity contribution in [3.05, 3.63) is 99.5 Å². The van der Waals surface area contributed by atoms with Crippen LogP contribution in [0.4, 0.5) is 5.69 Å². The molecule has 0 aliphatic carbocycles. The second-order valence-corrected chi connectivity index (χ2v) is 13.0. The maximum Gasteiger partial charge on any atom is 0.243 e. The summed E-state index contributed by atoms with van der Waals surface area (Å²) in [5.41, 5.74) is 3.22. The summed E-state index contributed by atoms with van der Waals surface area (Å²) in [4.78, 5) is 28.9. The van der Waals surface area contributed by atoms with Gasteiger partial charge in [-0.25, -0.2) is 8.42 Å². The van der Waals surface area contributed by atoms with E-state index in [4.69, 9.17) is 23.2 Å². The Morgan fingerprint density at radius 1 is 0.929 bits per heavy atom. The number of amides is 2. The maximum absolute atomic E-state index is 13.9. The van der Waals surface area contributed by atoms with Gasteiger partial charge < -0.3 is 10.2 Å². The Morgan fingerprint density at radius 3 is 2.21 bits per heavy atom. The molecule has 7 nitrogen and oxygen atoms in total. The highest BCUT2D eigenvalue weighted by Gasteiger charge is 2.31. The highest BCUT2D eigenvalue weighted by Crippen LogP contribution is 2.25. The monoisotopic (exact) mass is 631 g/mol. The van der Waals surface area contributed by atoms with Crippen molar-refractivity contribution < 1.29 is 18.0 Å². The lowest BCUT2D eigenvalue weighted by Crippen LogP contribution is -2.50. The molecule has 0 saturated carbocycles. The second kappa shape index (κ2) is 16.0. The number of nitrogens with zero attached hydrogens (tertiary/aromatic N) is 2. The summed E-state index contributed by atoms with van der Waals surface area (Å²) in [6, 6.07) is 21.2. The number of anilines is 1. The largest absolute Gasteiger partial charge is 0.354 e. The summed E-state index contributed by atoms with van der Waals surface area (Å²) in [6.45, 7) is 4.70. The molecule has 1 atom stereocenters. The van der Waals surface area contributed by atoms with Crippen LogP contribution in [0.25, 0.3) is 0 Å². The molecule has 3 aromatic carbocycles. The first-order valence-corrected chi connectivity index (χ1v) is 16.8. The van der Waals surface area contributed by atoms with Crippen LogP contribution in [0, 0.1) is 0 Å². The first kappa shape index (κ1) is 33.4. The molecule has 2 amide bonds. The van der Waals surface area contributed by atoms with Gasteiger partial charge in [0, 0.05) is 42.5 Å². The van der Waals surface area contributed by atoms with Gasteiger partial charge in [-0.2, -0.15) is 0 Å². The predicted molar refractivity (Wildman–Crippen MR) is 171 cm³/mol. The molecular weight excluding hydrogens is 593 g/mol. The smallest absolute Gasteiger partial charge is 0.243 e. The third kappa shape index (κ3) is 9.75. The fourth-order valence-electron chi connectivity index (χ4n) is 4.66. The number of rotatable bonds is 15. The Labute approximate surface area is 259 Å². The zero-order valence-electron chi connectivity index (χ0n) is 24.4. The van der Waals surface area contributed by atoms with Gasteiger partial charge >= 0.3 is 0 Å². The Kier molecular flexibility index (Phi) is 12.7. The summed E-state index contributed by atoms with van der Waals surface area (Å²) >= 11 is 12.6. The first-order chi connectivity index (χ1) is 20.0. The Hall–Kier alpha value is -3.07. The van der Waals surface area contributed by atoms with E-state index < -0.39 is 16.1 Å². The summed E-state index contributed by atoms with van der Waals surface area (Å²) in [6.07, 6.45) is 3.37. The fourth-order valence-corrected chi connectivity index (χ4v) is 6.09. The third-order valence-electron chi connectivity index (χ3n) is 6.96. The highest BCUT2D eigenvalue weighted by molar-refractivity contribution is 7.92. The number of hydrogen-bond acceptors (Lipinski definition) is 4. The predicted octanol–water partition coefficient (Wildman–Crippen LogP) is 6.27. The molecule has 3 rings (SSSR count).